The summed E-state index contributed by atoms with van der Waals surface area (Å²) in [7, 11) is 0. The van der Waals surface area contributed by atoms with Crippen LogP contribution >= 0.6 is 0 Å². The lowest BCUT2D eigenvalue weighted by molar-refractivity contribution is -0.137. The molecule has 0 amide bonds. The van der Waals surface area contributed by atoms with Crippen LogP contribution in [0.1, 0.15) is 11.1 Å². The molecule has 0 aromatic heterocycles. The van der Waals surface area contributed by atoms with Crippen LogP contribution < -0.4 is 11.1 Å². The van der Waals surface area contributed by atoms with Crippen molar-refractivity contribution in [1.82, 2.24) is 0 Å². The van der Waals surface area contributed by atoms with E-state index in [4.69, 9.17) is 5.73 Å². The fourth-order valence-electron chi connectivity index (χ4n) is 3.29. The number of nitrogens with two attached hydrogens (primary N) is 1. The van der Waals surface area contributed by atoms with Crippen LogP contribution in [-0.4, -0.2) is 0 Å². The van der Waals surface area contributed by atoms with E-state index in [0.717, 1.165) is 28.9 Å². The smallest absolute Gasteiger partial charge is 0.397 e. The van der Waals surface area contributed by atoms with Crippen molar-refractivity contribution in [2.75, 3.05) is 11.1 Å². The summed E-state index contributed by atoms with van der Waals surface area (Å²) in [5.41, 5.74) is 9.38. The molecule has 4 aromatic rings. The zero-order valence-corrected chi connectivity index (χ0v) is 15.5. The number of anilines is 2. The molecule has 0 aliphatic carbocycles. The highest BCUT2D eigenvalue weighted by Crippen LogP contribution is 2.32. The minimum absolute atomic E-state index is 0.585. The van der Waals surface area contributed by atoms with Crippen LogP contribution in [0.3, 0.4) is 0 Å². The summed E-state index contributed by atoms with van der Waals surface area (Å²) in [5.74, 6) is 0. The summed E-state index contributed by atoms with van der Waals surface area (Å²) < 4.78 is 38.3. The van der Waals surface area contributed by atoms with Gasteiger partial charge in [-0.2, -0.15) is 13.2 Å². The Morgan fingerprint density at radius 2 is 1.41 bits per heavy atom. The van der Waals surface area contributed by atoms with E-state index in [1.165, 1.54) is 22.9 Å². The molecule has 0 bridgehead atoms. The molecule has 4 rings (SSSR count). The van der Waals surface area contributed by atoms with E-state index in [2.05, 4.69) is 35.6 Å². The van der Waals surface area contributed by atoms with Gasteiger partial charge in [0.1, 0.15) is 0 Å². The molecule has 0 aliphatic heterocycles. The quantitative estimate of drug-likeness (QED) is 0.378. The van der Waals surface area contributed by atoms with E-state index >= 15 is 0 Å². The number of hydrogen-bond donors (Lipinski definition) is 2. The van der Waals surface area contributed by atoms with Crippen molar-refractivity contribution in [2.45, 2.75) is 12.7 Å². The first kappa shape index (κ1) is 18.9. The van der Waals surface area contributed by atoms with Gasteiger partial charge in [-0.15, -0.1) is 0 Å². The average Bonchev–Trinajstić information content (AvgIpc) is 2.72. The molecule has 0 saturated heterocycles. The molecule has 0 unspecified atom stereocenters. The Kier molecular flexibility index (Phi) is 4.89. The summed E-state index contributed by atoms with van der Waals surface area (Å²) in [4.78, 5) is 0. The highest BCUT2D eigenvalue weighted by atomic mass is 19.4. The van der Waals surface area contributed by atoms with Crippen molar-refractivity contribution in [3.05, 3.63) is 96.1 Å². The third-order valence-electron chi connectivity index (χ3n) is 4.90. The van der Waals surface area contributed by atoms with Gasteiger partial charge in [0, 0.05) is 6.54 Å². The number of hydrogen-bond acceptors (Lipinski definition) is 2. The normalized spacial score (nSPS) is 11.6. The van der Waals surface area contributed by atoms with Gasteiger partial charge in [-0.1, -0.05) is 54.6 Å². The summed E-state index contributed by atoms with van der Waals surface area (Å²) in [5, 5.41) is 5.68. The van der Waals surface area contributed by atoms with Crippen LogP contribution in [0.2, 0.25) is 0 Å². The molecule has 146 valence electrons. The first-order chi connectivity index (χ1) is 13.9. The van der Waals surface area contributed by atoms with Gasteiger partial charge in [0.2, 0.25) is 0 Å². The molecular formula is C24H19F3N2. The Bertz CT molecular complexity index is 1150. The maximum absolute atomic E-state index is 12.8. The molecule has 2 nitrogen and oxygen atoms in total. The second-order valence-electron chi connectivity index (χ2n) is 6.91. The summed E-state index contributed by atoms with van der Waals surface area (Å²) in [6, 6.07) is 25.0. The number of fused-ring (bicyclic) bond motifs is 1. The largest absolute Gasteiger partial charge is 0.416 e. The molecule has 3 N–H and O–H groups in total. The first-order valence-electron chi connectivity index (χ1n) is 9.19. The van der Waals surface area contributed by atoms with Gasteiger partial charge in [-0.05, 0) is 57.8 Å². The van der Waals surface area contributed by atoms with E-state index in [1.54, 1.807) is 12.1 Å². The van der Waals surface area contributed by atoms with Crippen molar-refractivity contribution in [2.24, 2.45) is 0 Å². The van der Waals surface area contributed by atoms with Gasteiger partial charge >= 0.3 is 6.18 Å². The third kappa shape index (κ3) is 4.19. The fourth-order valence-corrected chi connectivity index (χ4v) is 3.29. The lowest BCUT2D eigenvalue weighted by atomic mass is 10.0. The number of benzene rings is 4. The molecule has 0 atom stereocenters. The minimum atomic E-state index is -4.34. The Hall–Kier alpha value is -3.47. The lowest BCUT2D eigenvalue weighted by Gasteiger charge is -2.13. The lowest BCUT2D eigenvalue weighted by Crippen LogP contribution is -2.04. The van der Waals surface area contributed by atoms with Crippen molar-refractivity contribution in [1.29, 1.82) is 0 Å². The topological polar surface area (TPSA) is 38.0 Å². The average molecular weight is 392 g/mol. The highest BCUT2D eigenvalue weighted by Gasteiger charge is 2.29. The van der Waals surface area contributed by atoms with Crippen molar-refractivity contribution < 1.29 is 13.2 Å². The van der Waals surface area contributed by atoms with Gasteiger partial charge < -0.3 is 11.1 Å². The van der Waals surface area contributed by atoms with Gasteiger partial charge in [-0.3, -0.25) is 0 Å². The van der Waals surface area contributed by atoms with E-state index in [9.17, 15) is 13.2 Å². The van der Waals surface area contributed by atoms with E-state index in [0.29, 0.717) is 17.8 Å². The Morgan fingerprint density at radius 3 is 2.14 bits per heavy atom. The summed E-state index contributed by atoms with van der Waals surface area (Å²) >= 11 is 0. The SMILES string of the molecule is Nc1ccc(-c2ccc(C(F)(F)F)cc2)cc1NCc1ccc2ccccc2c1. The zero-order chi connectivity index (χ0) is 20.4. The number of nitrogen functional groups attached to an aromatic ring is 1. The molecule has 0 saturated carbocycles. The van der Waals surface area contributed by atoms with Crippen LogP contribution in [-0.2, 0) is 12.7 Å². The Morgan fingerprint density at radius 1 is 0.724 bits per heavy atom. The Labute approximate surface area is 166 Å². The third-order valence-corrected chi connectivity index (χ3v) is 4.90. The number of rotatable bonds is 4. The van der Waals surface area contributed by atoms with Crippen molar-refractivity contribution >= 4 is 22.1 Å². The van der Waals surface area contributed by atoms with Crippen LogP contribution in [0.15, 0.2) is 84.9 Å². The molecule has 0 radical (unpaired) electrons. The van der Waals surface area contributed by atoms with Gasteiger partial charge in [0.15, 0.2) is 0 Å². The van der Waals surface area contributed by atoms with E-state index in [-0.39, 0.29) is 0 Å². The van der Waals surface area contributed by atoms with Crippen LogP contribution in [0, 0.1) is 0 Å². The second-order valence-corrected chi connectivity index (χ2v) is 6.91. The molecule has 0 spiro atoms. The fraction of sp³-hybridized carbons (Fsp3) is 0.0833. The van der Waals surface area contributed by atoms with Crippen LogP contribution in [0.25, 0.3) is 21.9 Å². The standard InChI is InChI=1S/C24H19F3N2/c25-24(26,27)21-10-7-18(8-11-21)20-9-12-22(28)23(14-20)29-15-16-5-6-17-3-1-2-4-19(17)13-16/h1-14,29H,15,28H2. The second kappa shape index (κ2) is 7.51. The first-order valence-corrected chi connectivity index (χ1v) is 9.19. The summed E-state index contributed by atoms with van der Waals surface area (Å²) in [6.07, 6.45) is -4.34. The van der Waals surface area contributed by atoms with Crippen LogP contribution in [0.5, 0.6) is 0 Å². The highest BCUT2D eigenvalue weighted by molar-refractivity contribution is 5.83. The van der Waals surface area contributed by atoms with Crippen LogP contribution in [0.4, 0.5) is 24.5 Å². The van der Waals surface area contributed by atoms with E-state index < -0.39 is 11.7 Å². The number of alkyl halides is 3. The Balaban J connectivity index is 1.55. The molecule has 0 fully saturated rings. The molecule has 5 heteroatoms. The minimum Gasteiger partial charge on any atom is -0.397 e. The van der Waals surface area contributed by atoms with Crippen molar-refractivity contribution in [3.63, 3.8) is 0 Å². The molecule has 4 aromatic carbocycles. The molecule has 29 heavy (non-hydrogen) atoms. The van der Waals surface area contributed by atoms with E-state index in [1.807, 2.05) is 18.2 Å². The molecular weight excluding hydrogens is 373 g/mol. The zero-order valence-electron chi connectivity index (χ0n) is 15.5. The predicted molar refractivity (Wildman–Crippen MR) is 113 cm³/mol. The monoisotopic (exact) mass is 392 g/mol. The molecule has 0 heterocycles. The van der Waals surface area contributed by atoms with Crippen molar-refractivity contribution in [3.8, 4) is 11.1 Å². The number of nitrogens with one attached hydrogen (secondary N) is 1. The summed E-state index contributed by atoms with van der Waals surface area (Å²) in [6.45, 7) is 0.589. The molecule has 0 aliphatic rings. The number of halogens is 3. The van der Waals surface area contributed by atoms with Gasteiger partial charge in [0.05, 0.1) is 16.9 Å². The van der Waals surface area contributed by atoms with Gasteiger partial charge in [-0.25, -0.2) is 0 Å². The maximum atomic E-state index is 12.8. The maximum Gasteiger partial charge on any atom is 0.416 e. The predicted octanol–water partition coefficient (Wildman–Crippen LogP) is 6.72. The van der Waals surface area contributed by atoms with Gasteiger partial charge in [0.25, 0.3) is 0 Å².